The highest BCUT2D eigenvalue weighted by atomic mass is 16.1. The summed E-state index contributed by atoms with van der Waals surface area (Å²) in [7, 11) is 0. The van der Waals surface area contributed by atoms with Gasteiger partial charge in [0.1, 0.15) is 0 Å². The Bertz CT molecular complexity index is 370. The van der Waals surface area contributed by atoms with Crippen LogP contribution in [0.3, 0.4) is 0 Å². The molecule has 2 nitrogen and oxygen atoms in total. The first kappa shape index (κ1) is 18.9. The highest BCUT2D eigenvalue weighted by Gasteiger charge is 2.17. The SMILES string of the molecule is CC.CCCN(CC)CC(C)C(=O)c1ccc(C)cc1. The van der Waals surface area contributed by atoms with Crippen molar-refractivity contribution in [2.45, 2.75) is 48.0 Å². The van der Waals surface area contributed by atoms with E-state index < -0.39 is 0 Å². The molecule has 0 saturated heterocycles. The van der Waals surface area contributed by atoms with Crippen molar-refractivity contribution in [2.75, 3.05) is 19.6 Å². The van der Waals surface area contributed by atoms with Crippen LogP contribution in [0.15, 0.2) is 24.3 Å². The van der Waals surface area contributed by atoms with E-state index >= 15 is 0 Å². The van der Waals surface area contributed by atoms with E-state index in [9.17, 15) is 4.79 Å². The Kier molecular flexibility index (Phi) is 10.0. The van der Waals surface area contributed by atoms with Crippen molar-refractivity contribution >= 4 is 5.78 Å². The second kappa shape index (κ2) is 10.6. The Labute approximate surface area is 125 Å². The van der Waals surface area contributed by atoms with E-state index in [0.717, 1.165) is 31.6 Å². The van der Waals surface area contributed by atoms with Gasteiger partial charge in [-0.3, -0.25) is 4.79 Å². The summed E-state index contributed by atoms with van der Waals surface area (Å²) >= 11 is 0. The van der Waals surface area contributed by atoms with Crippen molar-refractivity contribution in [2.24, 2.45) is 5.92 Å². The third-order valence-electron chi connectivity index (χ3n) is 3.30. The number of nitrogens with zero attached hydrogens (tertiary/aromatic N) is 1. The number of rotatable bonds is 7. The Hall–Kier alpha value is -1.15. The molecule has 1 aromatic rings. The number of carbonyl (C=O) groups excluding carboxylic acids is 1. The second-order valence-corrected chi connectivity index (χ2v) is 5.02. The maximum absolute atomic E-state index is 12.3. The molecule has 0 aliphatic rings. The number of aryl methyl sites for hydroxylation is 1. The Morgan fingerprint density at radius 3 is 2.15 bits per heavy atom. The van der Waals surface area contributed by atoms with Gasteiger partial charge < -0.3 is 4.90 Å². The minimum Gasteiger partial charge on any atom is -0.303 e. The normalized spacial score (nSPS) is 11.8. The number of Topliss-reactive ketones (excluding diaryl/α,β-unsaturated/α-hetero) is 1. The molecule has 0 radical (unpaired) electrons. The molecule has 0 N–H and O–H groups in total. The quantitative estimate of drug-likeness (QED) is 0.680. The zero-order valence-corrected chi connectivity index (χ0v) is 14.1. The van der Waals surface area contributed by atoms with Gasteiger partial charge >= 0.3 is 0 Å². The highest BCUT2D eigenvalue weighted by Crippen LogP contribution is 2.12. The van der Waals surface area contributed by atoms with Crippen molar-refractivity contribution in [1.82, 2.24) is 4.90 Å². The van der Waals surface area contributed by atoms with Crippen LogP contribution in [0.4, 0.5) is 0 Å². The first-order chi connectivity index (χ1) is 9.58. The minimum atomic E-state index is 0.0687. The van der Waals surface area contributed by atoms with Crippen molar-refractivity contribution in [3.63, 3.8) is 0 Å². The molecule has 0 aliphatic heterocycles. The van der Waals surface area contributed by atoms with Crippen LogP contribution >= 0.6 is 0 Å². The molecule has 1 aromatic carbocycles. The Morgan fingerprint density at radius 2 is 1.70 bits per heavy atom. The average molecular weight is 277 g/mol. The van der Waals surface area contributed by atoms with Crippen LogP contribution < -0.4 is 0 Å². The summed E-state index contributed by atoms with van der Waals surface area (Å²) in [4.78, 5) is 14.6. The van der Waals surface area contributed by atoms with E-state index in [1.54, 1.807) is 0 Å². The molecule has 2 heteroatoms. The van der Waals surface area contributed by atoms with Gasteiger partial charge in [-0.2, -0.15) is 0 Å². The lowest BCUT2D eigenvalue weighted by molar-refractivity contribution is 0.0896. The number of benzene rings is 1. The van der Waals surface area contributed by atoms with Crippen LogP contribution in [-0.2, 0) is 0 Å². The predicted molar refractivity (Wildman–Crippen MR) is 88.4 cm³/mol. The monoisotopic (exact) mass is 277 g/mol. The first-order valence-corrected chi connectivity index (χ1v) is 7.91. The zero-order valence-electron chi connectivity index (χ0n) is 14.1. The number of carbonyl (C=O) groups is 1. The molecule has 114 valence electrons. The molecular weight excluding hydrogens is 246 g/mol. The van der Waals surface area contributed by atoms with Crippen LogP contribution in [0.1, 0.15) is 57.0 Å². The maximum Gasteiger partial charge on any atom is 0.166 e. The lowest BCUT2D eigenvalue weighted by Crippen LogP contribution is -2.32. The fraction of sp³-hybridized carbons (Fsp3) is 0.611. The summed E-state index contributed by atoms with van der Waals surface area (Å²) in [5.74, 6) is 0.323. The third-order valence-corrected chi connectivity index (χ3v) is 3.30. The van der Waals surface area contributed by atoms with Crippen molar-refractivity contribution in [3.8, 4) is 0 Å². The molecule has 0 fully saturated rings. The van der Waals surface area contributed by atoms with E-state index in [-0.39, 0.29) is 11.7 Å². The Balaban J connectivity index is 0.00000172. The maximum atomic E-state index is 12.3. The fourth-order valence-corrected chi connectivity index (χ4v) is 2.17. The molecule has 20 heavy (non-hydrogen) atoms. The summed E-state index contributed by atoms with van der Waals surface area (Å²) < 4.78 is 0. The van der Waals surface area contributed by atoms with Crippen LogP contribution in [0.5, 0.6) is 0 Å². The van der Waals surface area contributed by atoms with Gasteiger partial charge in [-0.1, -0.05) is 64.4 Å². The summed E-state index contributed by atoms with van der Waals surface area (Å²) in [6.45, 7) is 15.3. The van der Waals surface area contributed by atoms with Gasteiger partial charge in [0, 0.05) is 18.0 Å². The lowest BCUT2D eigenvalue weighted by Gasteiger charge is -2.23. The predicted octanol–water partition coefficient (Wildman–Crippen LogP) is 4.57. The molecular formula is C18H31NO. The molecule has 0 saturated carbocycles. The summed E-state index contributed by atoms with van der Waals surface area (Å²) in [6, 6.07) is 7.88. The van der Waals surface area contributed by atoms with Gasteiger partial charge in [0.2, 0.25) is 0 Å². The van der Waals surface area contributed by atoms with Crippen LogP contribution in [0.2, 0.25) is 0 Å². The molecule has 1 atom stereocenters. The average Bonchev–Trinajstić information content (AvgIpc) is 2.48. The highest BCUT2D eigenvalue weighted by molar-refractivity contribution is 5.97. The van der Waals surface area contributed by atoms with Crippen LogP contribution in [-0.4, -0.2) is 30.3 Å². The standard InChI is InChI=1S/C16H25NO.C2H6/c1-5-11-17(6-2)12-14(4)16(18)15-9-7-13(3)8-10-15;1-2/h7-10,14H,5-6,11-12H2,1-4H3;1-2H3. The molecule has 0 amide bonds. The topological polar surface area (TPSA) is 20.3 Å². The molecule has 0 spiro atoms. The van der Waals surface area contributed by atoms with E-state index in [1.165, 1.54) is 5.56 Å². The lowest BCUT2D eigenvalue weighted by atomic mass is 9.98. The van der Waals surface area contributed by atoms with E-state index in [4.69, 9.17) is 0 Å². The molecule has 0 bridgehead atoms. The van der Waals surface area contributed by atoms with Crippen molar-refractivity contribution in [3.05, 3.63) is 35.4 Å². The van der Waals surface area contributed by atoms with Crippen LogP contribution in [0, 0.1) is 12.8 Å². The summed E-state index contributed by atoms with van der Waals surface area (Å²) in [6.07, 6.45) is 1.14. The second-order valence-electron chi connectivity index (χ2n) is 5.02. The molecule has 1 rings (SSSR count). The van der Waals surface area contributed by atoms with Crippen molar-refractivity contribution in [1.29, 1.82) is 0 Å². The van der Waals surface area contributed by atoms with Crippen molar-refractivity contribution < 1.29 is 4.79 Å². The Morgan fingerprint density at radius 1 is 1.15 bits per heavy atom. The van der Waals surface area contributed by atoms with E-state index in [2.05, 4.69) is 18.7 Å². The van der Waals surface area contributed by atoms with Gasteiger partial charge in [-0.25, -0.2) is 0 Å². The molecule has 0 heterocycles. The van der Waals surface area contributed by atoms with Gasteiger partial charge in [-0.15, -0.1) is 0 Å². The van der Waals surface area contributed by atoms with Gasteiger partial charge in [0.15, 0.2) is 5.78 Å². The molecule has 0 aliphatic carbocycles. The van der Waals surface area contributed by atoms with Crippen LogP contribution in [0.25, 0.3) is 0 Å². The largest absolute Gasteiger partial charge is 0.303 e. The number of hydrogen-bond donors (Lipinski definition) is 0. The van der Waals surface area contributed by atoms with E-state index in [1.807, 2.05) is 52.0 Å². The molecule has 1 unspecified atom stereocenters. The summed E-state index contributed by atoms with van der Waals surface area (Å²) in [5.41, 5.74) is 2.03. The first-order valence-electron chi connectivity index (χ1n) is 7.91. The van der Waals surface area contributed by atoms with Gasteiger partial charge in [0.25, 0.3) is 0 Å². The van der Waals surface area contributed by atoms with E-state index in [0.29, 0.717) is 0 Å². The smallest absolute Gasteiger partial charge is 0.166 e. The fourth-order valence-electron chi connectivity index (χ4n) is 2.17. The van der Waals surface area contributed by atoms with Gasteiger partial charge in [-0.05, 0) is 26.4 Å². The minimum absolute atomic E-state index is 0.0687. The van der Waals surface area contributed by atoms with Gasteiger partial charge in [0.05, 0.1) is 0 Å². The zero-order chi connectivity index (χ0) is 15.5. The summed E-state index contributed by atoms with van der Waals surface area (Å²) in [5, 5.41) is 0. The third kappa shape index (κ3) is 6.33. The number of hydrogen-bond acceptors (Lipinski definition) is 2. The molecule has 0 aromatic heterocycles. The number of ketones is 1.